The molecule has 0 radical (unpaired) electrons. The van der Waals surface area contributed by atoms with E-state index in [0.717, 1.165) is 5.56 Å². The molecule has 1 amide bonds. The minimum absolute atomic E-state index is 0.162. The fourth-order valence-corrected chi connectivity index (χ4v) is 1.48. The highest BCUT2D eigenvalue weighted by Gasteiger charge is 2.17. The van der Waals surface area contributed by atoms with Crippen molar-refractivity contribution in [2.45, 2.75) is 45.9 Å². The smallest absolute Gasteiger partial charge is 0.407 e. The number of hydrogen-bond donors (Lipinski definition) is 1. The van der Waals surface area contributed by atoms with Crippen LogP contribution in [-0.2, 0) is 16.1 Å². The minimum Gasteiger partial charge on any atom is -0.444 e. The molecule has 0 aliphatic rings. The van der Waals surface area contributed by atoms with E-state index in [1.807, 2.05) is 27.7 Å². The Labute approximate surface area is 119 Å². The van der Waals surface area contributed by atoms with Crippen LogP contribution in [0.2, 0.25) is 0 Å². The number of benzene rings is 1. The average Bonchev–Trinajstić information content (AvgIpc) is 2.29. The Morgan fingerprint density at radius 3 is 2.45 bits per heavy atom. The molecule has 0 aromatic heterocycles. The molecule has 1 aromatic carbocycles. The third-order valence-corrected chi connectivity index (χ3v) is 2.31. The molecule has 0 aliphatic heterocycles. The maximum absolute atomic E-state index is 12.7. The first-order chi connectivity index (χ1) is 9.26. The first-order valence-corrected chi connectivity index (χ1v) is 6.58. The van der Waals surface area contributed by atoms with Crippen molar-refractivity contribution in [2.24, 2.45) is 0 Å². The zero-order valence-corrected chi connectivity index (χ0v) is 12.4. The molecule has 0 saturated carbocycles. The van der Waals surface area contributed by atoms with Crippen LogP contribution in [0.25, 0.3) is 0 Å². The van der Waals surface area contributed by atoms with Crippen LogP contribution >= 0.6 is 0 Å². The third kappa shape index (κ3) is 7.09. The van der Waals surface area contributed by atoms with E-state index in [1.54, 1.807) is 12.1 Å². The summed E-state index contributed by atoms with van der Waals surface area (Å²) in [6.45, 7) is 7.98. The standard InChI is InChI=1S/C15H22FNO3/c1-11(17-14(18)20-15(2,3)4)9-19-10-12-5-7-13(16)8-6-12/h5-8,11H,9-10H2,1-4H3,(H,17,18). The Kier molecular flexibility index (Phi) is 5.95. The van der Waals surface area contributed by atoms with Crippen LogP contribution in [0.1, 0.15) is 33.3 Å². The van der Waals surface area contributed by atoms with Gasteiger partial charge in [-0.25, -0.2) is 9.18 Å². The van der Waals surface area contributed by atoms with Gasteiger partial charge < -0.3 is 14.8 Å². The summed E-state index contributed by atoms with van der Waals surface area (Å²) >= 11 is 0. The van der Waals surface area contributed by atoms with Gasteiger partial charge in [-0.2, -0.15) is 0 Å². The predicted octanol–water partition coefficient (Wildman–Crippen LogP) is 3.26. The summed E-state index contributed by atoms with van der Waals surface area (Å²) in [7, 11) is 0. The lowest BCUT2D eigenvalue weighted by Crippen LogP contribution is -2.39. The van der Waals surface area contributed by atoms with Gasteiger partial charge in [0.2, 0.25) is 0 Å². The highest BCUT2D eigenvalue weighted by Crippen LogP contribution is 2.07. The van der Waals surface area contributed by atoms with Gasteiger partial charge >= 0.3 is 6.09 Å². The van der Waals surface area contributed by atoms with Gasteiger partial charge in [0.15, 0.2) is 0 Å². The van der Waals surface area contributed by atoms with Gasteiger partial charge in [-0.1, -0.05) is 12.1 Å². The number of carbonyl (C=O) groups is 1. The average molecular weight is 283 g/mol. The minimum atomic E-state index is -0.515. The summed E-state index contributed by atoms with van der Waals surface area (Å²) in [5.41, 5.74) is 0.370. The molecule has 0 spiro atoms. The largest absolute Gasteiger partial charge is 0.444 e. The van der Waals surface area contributed by atoms with E-state index >= 15 is 0 Å². The lowest BCUT2D eigenvalue weighted by molar-refractivity contribution is 0.0442. The van der Waals surface area contributed by atoms with Gasteiger partial charge in [0, 0.05) is 0 Å². The molecular formula is C15H22FNO3. The molecule has 0 fully saturated rings. The highest BCUT2D eigenvalue weighted by molar-refractivity contribution is 5.68. The molecule has 0 heterocycles. The van der Waals surface area contributed by atoms with Gasteiger partial charge in [0.05, 0.1) is 19.3 Å². The summed E-state index contributed by atoms with van der Waals surface area (Å²) in [5, 5.41) is 2.69. The Hall–Kier alpha value is -1.62. The molecule has 4 nitrogen and oxygen atoms in total. The fourth-order valence-electron chi connectivity index (χ4n) is 1.48. The molecule has 0 aliphatic carbocycles. The monoisotopic (exact) mass is 283 g/mol. The normalized spacial score (nSPS) is 12.8. The van der Waals surface area contributed by atoms with Crippen molar-refractivity contribution in [3.8, 4) is 0 Å². The zero-order valence-electron chi connectivity index (χ0n) is 12.4. The van der Waals surface area contributed by atoms with Crippen molar-refractivity contribution >= 4 is 6.09 Å². The van der Waals surface area contributed by atoms with Crippen molar-refractivity contribution < 1.29 is 18.7 Å². The third-order valence-electron chi connectivity index (χ3n) is 2.31. The first kappa shape index (κ1) is 16.4. The molecule has 112 valence electrons. The van der Waals surface area contributed by atoms with E-state index in [0.29, 0.717) is 13.2 Å². The predicted molar refractivity (Wildman–Crippen MR) is 74.9 cm³/mol. The van der Waals surface area contributed by atoms with Gasteiger partial charge in [0.25, 0.3) is 0 Å². The van der Waals surface area contributed by atoms with Crippen LogP contribution in [-0.4, -0.2) is 24.3 Å². The van der Waals surface area contributed by atoms with Crippen LogP contribution < -0.4 is 5.32 Å². The molecule has 20 heavy (non-hydrogen) atoms. The summed E-state index contributed by atoms with van der Waals surface area (Å²) in [6, 6.07) is 5.95. The number of halogens is 1. The fraction of sp³-hybridized carbons (Fsp3) is 0.533. The molecule has 0 saturated heterocycles. The molecule has 1 atom stereocenters. The van der Waals surface area contributed by atoms with Crippen LogP contribution in [0.5, 0.6) is 0 Å². The van der Waals surface area contributed by atoms with Crippen LogP contribution in [0, 0.1) is 5.82 Å². The van der Waals surface area contributed by atoms with E-state index in [4.69, 9.17) is 9.47 Å². The Bertz CT molecular complexity index is 426. The van der Waals surface area contributed by atoms with E-state index < -0.39 is 11.7 Å². The summed E-state index contributed by atoms with van der Waals surface area (Å²) < 4.78 is 23.3. The lowest BCUT2D eigenvalue weighted by Gasteiger charge is -2.21. The number of carbonyl (C=O) groups excluding carboxylic acids is 1. The molecular weight excluding hydrogens is 261 g/mol. The van der Waals surface area contributed by atoms with E-state index in [-0.39, 0.29) is 11.9 Å². The molecule has 1 unspecified atom stereocenters. The number of hydrogen-bond acceptors (Lipinski definition) is 3. The van der Waals surface area contributed by atoms with E-state index in [9.17, 15) is 9.18 Å². The second kappa shape index (κ2) is 7.24. The Balaban J connectivity index is 2.24. The maximum Gasteiger partial charge on any atom is 0.407 e. The summed E-state index contributed by atoms with van der Waals surface area (Å²) in [5.74, 6) is -0.270. The highest BCUT2D eigenvalue weighted by atomic mass is 19.1. The number of rotatable bonds is 5. The van der Waals surface area contributed by atoms with Gasteiger partial charge in [-0.15, -0.1) is 0 Å². The van der Waals surface area contributed by atoms with Crippen molar-refractivity contribution in [1.82, 2.24) is 5.32 Å². The first-order valence-electron chi connectivity index (χ1n) is 6.58. The maximum atomic E-state index is 12.7. The van der Waals surface area contributed by atoms with Crippen LogP contribution in [0.3, 0.4) is 0 Å². The van der Waals surface area contributed by atoms with Gasteiger partial charge in [0.1, 0.15) is 11.4 Å². The van der Waals surface area contributed by atoms with Crippen molar-refractivity contribution in [2.75, 3.05) is 6.61 Å². The van der Waals surface area contributed by atoms with E-state index in [2.05, 4.69) is 5.32 Å². The second-order valence-corrected chi connectivity index (χ2v) is 5.69. The zero-order chi connectivity index (χ0) is 15.2. The number of alkyl carbamates (subject to hydrolysis) is 1. The number of ether oxygens (including phenoxy) is 2. The van der Waals surface area contributed by atoms with Crippen molar-refractivity contribution in [3.05, 3.63) is 35.6 Å². The molecule has 1 aromatic rings. The number of nitrogens with one attached hydrogen (secondary N) is 1. The van der Waals surface area contributed by atoms with Crippen LogP contribution in [0.15, 0.2) is 24.3 Å². The van der Waals surface area contributed by atoms with Gasteiger partial charge in [-0.05, 0) is 45.4 Å². The Morgan fingerprint density at radius 1 is 1.30 bits per heavy atom. The molecule has 1 N–H and O–H groups in total. The Morgan fingerprint density at radius 2 is 1.90 bits per heavy atom. The lowest BCUT2D eigenvalue weighted by atomic mass is 10.2. The van der Waals surface area contributed by atoms with Crippen LogP contribution in [0.4, 0.5) is 9.18 Å². The summed E-state index contributed by atoms with van der Waals surface area (Å²) in [4.78, 5) is 11.5. The SMILES string of the molecule is CC(COCc1ccc(F)cc1)NC(=O)OC(C)(C)C. The van der Waals surface area contributed by atoms with Crippen molar-refractivity contribution in [3.63, 3.8) is 0 Å². The van der Waals surface area contributed by atoms with Gasteiger partial charge in [-0.3, -0.25) is 0 Å². The molecule has 5 heteroatoms. The van der Waals surface area contributed by atoms with E-state index in [1.165, 1.54) is 12.1 Å². The quantitative estimate of drug-likeness (QED) is 0.902. The second-order valence-electron chi connectivity index (χ2n) is 5.69. The molecule has 1 rings (SSSR count). The number of amides is 1. The molecule has 0 bridgehead atoms. The topological polar surface area (TPSA) is 47.6 Å². The summed E-state index contributed by atoms with van der Waals surface area (Å²) in [6.07, 6.45) is -0.463. The van der Waals surface area contributed by atoms with Crippen molar-refractivity contribution in [1.29, 1.82) is 0 Å².